The van der Waals surface area contributed by atoms with Crippen molar-refractivity contribution in [3.8, 4) is 5.69 Å². The van der Waals surface area contributed by atoms with Crippen LogP contribution in [-0.4, -0.2) is 38.4 Å². The molecule has 0 N–H and O–H groups in total. The molecule has 1 aliphatic heterocycles. The van der Waals surface area contributed by atoms with Crippen molar-refractivity contribution in [3.63, 3.8) is 0 Å². The third-order valence-corrected chi connectivity index (χ3v) is 7.95. The minimum Gasteiger partial charge on any atom is -0.376 e. The molecular formula is C24H20FN3O3S3. The quantitative estimate of drug-likeness (QED) is 0.145. The molecule has 1 saturated heterocycles. The number of ether oxygens (including phenoxy) is 1. The molecule has 1 atom stereocenters. The summed E-state index contributed by atoms with van der Waals surface area (Å²) in [6.07, 6.45) is 1.95. The van der Waals surface area contributed by atoms with Gasteiger partial charge < -0.3 is 9.30 Å². The Morgan fingerprint density at radius 3 is 2.68 bits per heavy atom. The van der Waals surface area contributed by atoms with E-state index < -0.39 is 5.82 Å². The maximum absolute atomic E-state index is 13.6. The molecule has 10 heteroatoms. The number of rotatable bonds is 7. The number of aromatic nitrogens is 3. The summed E-state index contributed by atoms with van der Waals surface area (Å²) in [6.45, 7) is 1.24. The second kappa shape index (κ2) is 9.91. The summed E-state index contributed by atoms with van der Waals surface area (Å²) in [4.78, 5) is 31.1. The molecule has 2 aromatic heterocycles. The van der Waals surface area contributed by atoms with Gasteiger partial charge in [0.15, 0.2) is 20.5 Å². The molecule has 0 bridgehead atoms. The second-order valence-electron chi connectivity index (χ2n) is 7.86. The highest BCUT2D eigenvalue weighted by atomic mass is 32.2. The zero-order valence-corrected chi connectivity index (χ0v) is 20.4. The monoisotopic (exact) mass is 513 g/mol. The smallest absolute Gasteiger partial charge is 0.278 e. The van der Waals surface area contributed by atoms with Crippen molar-refractivity contribution < 1.29 is 13.9 Å². The van der Waals surface area contributed by atoms with Crippen LogP contribution in [0.3, 0.4) is 0 Å². The fourth-order valence-corrected chi connectivity index (χ4v) is 6.06. The average molecular weight is 514 g/mol. The van der Waals surface area contributed by atoms with Crippen molar-refractivity contribution in [1.82, 2.24) is 14.1 Å². The van der Waals surface area contributed by atoms with Gasteiger partial charge in [-0.15, -0.1) is 0 Å². The molecule has 1 fully saturated rings. The van der Waals surface area contributed by atoms with Crippen LogP contribution in [-0.2, 0) is 11.3 Å². The molecule has 0 radical (unpaired) electrons. The molecule has 3 heterocycles. The van der Waals surface area contributed by atoms with Gasteiger partial charge in [-0.2, -0.15) is 0 Å². The van der Waals surface area contributed by atoms with Crippen LogP contribution < -0.4 is 5.56 Å². The molecule has 2 aromatic carbocycles. The molecule has 0 unspecified atom stereocenters. The number of ketones is 1. The molecule has 5 rings (SSSR count). The van der Waals surface area contributed by atoms with Gasteiger partial charge in [-0.05, 0) is 49.3 Å². The van der Waals surface area contributed by atoms with Crippen LogP contribution in [0.5, 0.6) is 0 Å². The Morgan fingerprint density at radius 1 is 1.21 bits per heavy atom. The van der Waals surface area contributed by atoms with E-state index in [4.69, 9.17) is 21.9 Å². The third-order valence-electron chi connectivity index (χ3n) is 5.58. The number of carbonyl (C=O) groups excluding carboxylic acids is 1. The van der Waals surface area contributed by atoms with E-state index in [9.17, 15) is 14.0 Å². The number of carbonyl (C=O) groups is 1. The van der Waals surface area contributed by atoms with E-state index in [0.29, 0.717) is 43.9 Å². The lowest BCUT2D eigenvalue weighted by molar-refractivity contribution is 0.0977. The number of thiazole rings is 1. The standard InChI is InChI=1S/C24H20FN3O3S3/c25-16-8-10-17(11-9-16)28-22(30)20-21(27(24(32)34-20)13-18-7-4-12-31-18)26-23(28)33-14-19(29)15-5-2-1-3-6-15/h1-3,5-6,8-11,18H,4,7,12-14H2/t18-/m1/s1. The van der Waals surface area contributed by atoms with Crippen LogP contribution in [0.2, 0.25) is 0 Å². The van der Waals surface area contributed by atoms with Crippen LogP contribution in [0.15, 0.2) is 64.5 Å². The Hall–Kier alpha value is -2.66. The van der Waals surface area contributed by atoms with Crippen molar-refractivity contribution in [1.29, 1.82) is 0 Å². The summed E-state index contributed by atoms with van der Waals surface area (Å²) in [6, 6.07) is 14.6. The highest BCUT2D eigenvalue weighted by Crippen LogP contribution is 2.27. The van der Waals surface area contributed by atoms with Gasteiger partial charge in [-0.1, -0.05) is 53.4 Å². The largest absolute Gasteiger partial charge is 0.376 e. The lowest BCUT2D eigenvalue weighted by Crippen LogP contribution is -2.23. The van der Waals surface area contributed by atoms with E-state index in [1.807, 2.05) is 10.6 Å². The molecule has 0 amide bonds. The Labute approximate surface area is 208 Å². The molecule has 6 nitrogen and oxygen atoms in total. The van der Waals surface area contributed by atoms with Gasteiger partial charge in [0.05, 0.1) is 24.1 Å². The number of halogens is 1. The fraction of sp³-hybridized carbons (Fsp3) is 0.250. The number of fused-ring (bicyclic) bond motifs is 1. The summed E-state index contributed by atoms with van der Waals surface area (Å²) < 4.78 is 23.6. The summed E-state index contributed by atoms with van der Waals surface area (Å²) in [5, 5.41) is 0.349. The SMILES string of the molecule is O=C(CSc1nc2c(sc(=S)n2C[C@H]2CCCO2)c(=O)n1-c1ccc(F)cc1)c1ccccc1. The first-order chi connectivity index (χ1) is 16.5. The summed E-state index contributed by atoms with van der Waals surface area (Å²) >= 11 is 7.95. The number of hydrogen-bond acceptors (Lipinski definition) is 7. The third kappa shape index (κ3) is 4.63. The maximum Gasteiger partial charge on any atom is 0.278 e. The van der Waals surface area contributed by atoms with E-state index in [1.54, 1.807) is 24.3 Å². The first-order valence-electron chi connectivity index (χ1n) is 10.8. The van der Waals surface area contributed by atoms with Gasteiger partial charge in [-0.25, -0.2) is 9.37 Å². The molecule has 0 spiro atoms. The minimum absolute atomic E-state index is 0.0293. The topological polar surface area (TPSA) is 66.1 Å². The fourth-order valence-electron chi connectivity index (χ4n) is 3.88. The van der Waals surface area contributed by atoms with Crippen molar-refractivity contribution in [2.24, 2.45) is 0 Å². The Kier molecular flexibility index (Phi) is 6.73. The Morgan fingerprint density at radius 2 is 1.97 bits per heavy atom. The predicted octanol–water partition coefficient (Wildman–Crippen LogP) is 5.27. The maximum atomic E-state index is 13.6. The van der Waals surface area contributed by atoms with E-state index in [-0.39, 0.29) is 23.2 Å². The first-order valence-corrected chi connectivity index (χ1v) is 13.0. The van der Waals surface area contributed by atoms with Gasteiger partial charge in [0.1, 0.15) is 10.5 Å². The average Bonchev–Trinajstić information content (AvgIpc) is 3.48. The summed E-state index contributed by atoms with van der Waals surface area (Å²) in [7, 11) is 0. The normalized spacial score (nSPS) is 15.7. The molecule has 0 saturated carbocycles. The first kappa shape index (κ1) is 23.1. The van der Waals surface area contributed by atoms with E-state index in [1.165, 1.54) is 51.9 Å². The number of hydrogen-bond donors (Lipinski definition) is 0. The zero-order valence-electron chi connectivity index (χ0n) is 18.0. The highest BCUT2D eigenvalue weighted by Gasteiger charge is 2.22. The lowest BCUT2D eigenvalue weighted by atomic mass is 10.2. The lowest BCUT2D eigenvalue weighted by Gasteiger charge is -2.14. The molecule has 0 aliphatic carbocycles. The van der Waals surface area contributed by atoms with Crippen molar-refractivity contribution in [3.05, 3.63) is 80.3 Å². The van der Waals surface area contributed by atoms with Crippen molar-refractivity contribution >= 4 is 51.4 Å². The van der Waals surface area contributed by atoms with Crippen LogP contribution in [0.25, 0.3) is 16.0 Å². The second-order valence-corrected chi connectivity index (χ2v) is 10.4. The van der Waals surface area contributed by atoms with Crippen LogP contribution in [0, 0.1) is 9.77 Å². The summed E-state index contributed by atoms with van der Waals surface area (Å²) in [5.41, 5.74) is 1.25. The van der Waals surface area contributed by atoms with Crippen LogP contribution in [0.1, 0.15) is 23.2 Å². The zero-order chi connectivity index (χ0) is 23.7. The molecule has 174 valence electrons. The summed E-state index contributed by atoms with van der Waals surface area (Å²) in [5.74, 6) is -0.385. The van der Waals surface area contributed by atoms with E-state index in [2.05, 4.69) is 0 Å². The predicted molar refractivity (Wildman–Crippen MR) is 134 cm³/mol. The van der Waals surface area contributed by atoms with Crippen molar-refractivity contribution in [2.45, 2.75) is 30.6 Å². The number of thioether (sulfide) groups is 1. The molecule has 4 aromatic rings. The highest BCUT2D eigenvalue weighted by molar-refractivity contribution is 7.99. The van der Waals surface area contributed by atoms with Crippen molar-refractivity contribution in [2.75, 3.05) is 12.4 Å². The van der Waals surface area contributed by atoms with Gasteiger partial charge >= 0.3 is 0 Å². The van der Waals surface area contributed by atoms with Gasteiger partial charge in [0.2, 0.25) is 0 Å². The van der Waals surface area contributed by atoms with Gasteiger partial charge in [0.25, 0.3) is 5.56 Å². The van der Waals surface area contributed by atoms with Gasteiger partial charge in [-0.3, -0.25) is 14.2 Å². The van der Waals surface area contributed by atoms with E-state index >= 15 is 0 Å². The number of benzene rings is 2. The Balaban J connectivity index is 1.60. The minimum atomic E-state index is -0.405. The van der Waals surface area contributed by atoms with E-state index in [0.717, 1.165) is 12.8 Å². The number of Topliss-reactive ketones (excluding diaryl/α,β-unsaturated/α-hetero) is 1. The van der Waals surface area contributed by atoms with Gasteiger partial charge in [0, 0.05) is 12.2 Å². The molecule has 1 aliphatic rings. The number of nitrogens with zero attached hydrogens (tertiary/aromatic N) is 3. The molecule has 34 heavy (non-hydrogen) atoms. The van der Waals surface area contributed by atoms with Crippen LogP contribution >= 0.6 is 35.3 Å². The Bertz CT molecular complexity index is 1460. The molecular weight excluding hydrogens is 493 g/mol. The van der Waals surface area contributed by atoms with Crippen LogP contribution in [0.4, 0.5) is 4.39 Å².